The molecule has 0 bridgehead atoms. The Kier molecular flexibility index (Phi) is 4.79. The third-order valence-electron chi connectivity index (χ3n) is 3.80. The van der Waals surface area contributed by atoms with E-state index in [0.29, 0.717) is 0 Å². The van der Waals surface area contributed by atoms with Crippen LogP contribution < -0.4 is 5.32 Å². The lowest BCUT2D eigenvalue weighted by Crippen LogP contribution is -2.19. The zero-order valence-electron chi connectivity index (χ0n) is 13.6. The molecule has 0 aliphatic carbocycles. The summed E-state index contributed by atoms with van der Waals surface area (Å²) < 4.78 is 0. The average molecular weight is 324 g/mol. The van der Waals surface area contributed by atoms with Gasteiger partial charge in [0, 0.05) is 57.8 Å². The number of hydrogen-bond acceptors (Lipinski definition) is 5. The molecule has 1 N–H and O–H groups in total. The van der Waals surface area contributed by atoms with Gasteiger partial charge in [-0.3, -0.25) is 4.98 Å². The van der Waals surface area contributed by atoms with E-state index in [-0.39, 0.29) is 6.04 Å². The van der Waals surface area contributed by atoms with Gasteiger partial charge in [0.25, 0.3) is 0 Å². The Bertz CT molecular complexity index is 783. The van der Waals surface area contributed by atoms with Gasteiger partial charge < -0.3 is 5.32 Å². The third-order valence-corrected chi connectivity index (χ3v) is 4.80. The molecule has 118 valence electrons. The molecular weight excluding hydrogens is 304 g/mol. The van der Waals surface area contributed by atoms with Crippen LogP contribution in [-0.4, -0.2) is 15.0 Å². The zero-order chi connectivity index (χ0) is 16.2. The standard InChI is InChI=1S/C18H20N4S/c1-12-4-5-16(23-12)10-20-13(2)17-11-21-18(22-14(17)3)15-6-8-19-9-7-15/h4-9,11,13,20H,10H2,1-3H3/t13-/m1/s1. The van der Waals surface area contributed by atoms with Gasteiger partial charge >= 0.3 is 0 Å². The van der Waals surface area contributed by atoms with Crippen LogP contribution in [0.3, 0.4) is 0 Å². The van der Waals surface area contributed by atoms with Crippen LogP contribution in [0, 0.1) is 13.8 Å². The van der Waals surface area contributed by atoms with E-state index in [1.165, 1.54) is 9.75 Å². The van der Waals surface area contributed by atoms with E-state index in [4.69, 9.17) is 0 Å². The van der Waals surface area contributed by atoms with Gasteiger partial charge in [-0.2, -0.15) is 0 Å². The van der Waals surface area contributed by atoms with Gasteiger partial charge in [-0.25, -0.2) is 9.97 Å². The monoisotopic (exact) mass is 324 g/mol. The minimum Gasteiger partial charge on any atom is -0.305 e. The number of rotatable bonds is 5. The van der Waals surface area contributed by atoms with Crippen LogP contribution in [0.4, 0.5) is 0 Å². The maximum absolute atomic E-state index is 4.65. The molecule has 0 amide bonds. The Morgan fingerprint density at radius 3 is 2.57 bits per heavy atom. The first-order valence-corrected chi connectivity index (χ1v) is 8.48. The largest absolute Gasteiger partial charge is 0.305 e. The first kappa shape index (κ1) is 15.8. The fourth-order valence-corrected chi connectivity index (χ4v) is 3.33. The minimum atomic E-state index is 0.212. The van der Waals surface area contributed by atoms with E-state index in [0.717, 1.165) is 29.2 Å². The van der Waals surface area contributed by atoms with Gasteiger partial charge in [0.15, 0.2) is 5.82 Å². The Morgan fingerprint density at radius 1 is 1.13 bits per heavy atom. The molecule has 0 saturated heterocycles. The van der Waals surface area contributed by atoms with Crippen LogP contribution in [0.1, 0.15) is 34.0 Å². The number of nitrogens with zero attached hydrogens (tertiary/aromatic N) is 3. The van der Waals surface area contributed by atoms with Crippen molar-refractivity contribution in [3.63, 3.8) is 0 Å². The van der Waals surface area contributed by atoms with Crippen molar-refractivity contribution in [2.45, 2.75) is 33.4 Å². The van der Waals surface area contributed by atoms with Gasteiger partial charge in [0.1, 0.15) is 0 Å². The molecule has 0 aromatic carbocycles. The molecule has 0 saturated carbocycles. The molecule has 0 aliphatic rings. The highest BCUT2D eigenvalue weighted by molar-refractivity contribution is 7.11. The number of hydrogen-bond donors (Lipinski definition) is 1. The van der Waals surface area contributed by atoms with Crippen LogP contribution in [0.2, 0.25) is 0 Å². The lowest BCUT2D eigenvalue weighted by molar-refractivity contribution is 0.572. The second kappa shape index (κ2) is 6.98. The summed E-state index contributed by atoms with van der Waals surface area (Å²) in [7, 11) is 0. The summed E-state index contributed by atoms with van der Waals surface area (Å²) in [5, 5.41) is 3.55. The Morgan fingerprint density at radius 2 is 1.91 bits per heavy atom. The third kappa shape index (κ3) is 3.81. The first-order chi connectivity index (χ1) is 11.1. The summed E-state index contributed by atoms with van der Waals surface area (Å²) in [4.78, 5) is 15.9. The maximum Gasteiger partial charge on any atom is 0.159 e. The fourth-order valence-electron chi connectivity index (χ4n) is 2.49. The average Bonchev–Trinajstić information content (AvgIpc) is 2.99. The summed E-state index contributed by atoms with van der Waals surface area (Å²) in [5.41, 5.74) is 3.13. The van der Waals surface area contributed by atoms with Crippen molar-refractivity contribution in [2.24, 2.45) is 0 Å². The van der Waals surface area contributed by atoms with Gasteiger partial charge in [0.05, 0.1) is 0 Å². The molecule has 5 heteroatoms. The SMILES string of the molecule is Cc1ccc(CN[C@H](C)c2cnc(-c3ccncc3)nc2C)s1. The van der Waals surface area contributed by atoms with E-state index >= 15 is 0 Å². The second-order valence-electron chi connectivity index (χ2n) is 5.59. The van der Waals surface area contributed by atoms with Crippen LogP contribution in [0.15, 0.2) is 42.9 Å². The molecule has 0 spiro atoms. The van der Waals surface area contributed by atoms with E-state index in [1.54, 1.807) is 12.4 Å². The van der Waals surface area contributed by atoms with Crippen LogP contribution in [-0.2, 0) is 6.54 Å². The first-order valence-electron chi connectivity index (χ1n) is 7.66. The van der Waals surface area contributed by atoms with Gasteiger partial charge in [-0.05, 0) is 45.0 Å². The highest BCUT2D eigenvalue weighted by Gasteiger charge is 2.12. The molecule has 0 aliphatic heterocycles. The highest BCUT2D eigenvalue weighted by Crippen LogP contribution is 2.21. The smallest absolute Gasteiger partial charge is 0.159 e. The van der Waals surface area contributed by atoms with Crippen molar-refractivity contribution < 1.29 is 0 Å². The predicted octanol–water partition coefficient (Wildman–Crippen LogP) is 4.07. The number of aromatic nitrogens is 3. The summed E-state index contributed by atoms with van der Waals surface area (Å²) in [6.45, 7) is 7.19. The van der Waals surface area contributed by atoms with Crippen LogP contribution in [0.5, 0.6) is 0 Å². The fraction of sp³-hybridized carbons (Fsp3) is 0.278. The van der Waals surface area contributed by atoms with Crippen molar-refractivity contribution in [2.75, 3.05) is 0 Å². The normalized spacial score (nSPS) is 12.3. The molecule has 3 aromatic rings. The summed E-state index contributed by atoms with van der Waals surface area (Å²) >= 11 is 1.83. The molecule has 3 rings (SSSR count). The quantitative estimate of drug-likeness (QED) is 0.768. The van der Waals surface area contributed by atoms with Crippen molar-refractivity contribution in [1.82, 2.24) is 20.3 Å². The van der Waals surface area contributed by atoms with Gasteiger partial charge in [-0.15, -0.1) is 11.3 Å². The van der Waals surface area contributed by atoms with Crippen LogP contribution in [0.25, 0.3) is 11.4 Å². The van der Waals surface area contributed by atoms with Crippen molar-refractivity contribution in [3.8, 4) is 11.4 Å². The van der Waals surface area contributed by atoms with E-state index < -0.39 is 0 Å². The van der Waals surface area contributed by atoms with Gasteiger partial charge in [0.2, 0.25) is 0 Å². The second-order valence-corrected chi connectivity index (χ2v) is 6.96. The number of aryl methyl sites for hydroxylation is 2. The number of thiophene rings is 1. The van der Waals surface area contributed by atoms with Crippen molar-refractivity contribution in [3.05, 3.63) is 63.9 Å². The molecule has 0 fully saturated rings. The molecule has 1 atom stereocenters. The number of nitrogens with one attached hydrogen (secondary N) is 1. The van der Waals surface area contributed by atoms with Crippen molar-refractivity contribution in [1.29, 1.82) is 0 Å². The molecular formula is C18H20N4S. The molecule has 0 unspecified atom stereocenters. The molecule has 0 radical (unpaired) electrons. The number of pyridine rings is 1. The van der Waals surface area contributed by atoms with Crippen LogP contribution >= 0.6 is 11.3 Å². The molecule has 4 nitrogen and oxygen atoms in total. The van der Waals surface area contributed by atoms with E-state index in [1.807, 2.05) is 36.6 Å². The highest BCUT2D eigenvalue weighted by atomic mass is 32.1. The lowest BCUT2D eigenvalue weighted by atomic mass is 10.1. The summed E-state index contributed by atoms with van der Waals surface area (Å²) in [6, 6.07) is 8.40. The van der Waals surface area contributed by atoms with E-state index in [2.05, 4.69) is 46.2 Å². The predicted molar refractivity (Wildman–Crippen MR) is 94.3 cm³/mol. The maximum atomic E-state index is 4.65. The summed E-state index contributed by atoms with van der Waals surface area (Å²) in [6.07, 6.45) is 5.44. The lowest BCUT2D eigenvalue weighted by Gasteiger charge is -2.16. The molecule has 23 heavy (non-hydrogen) atoms. The molecule has 3 heterocycles. The summed E-state index contributed by atoms with van der Waals surface area (Å²) in [5.74, 6) is 0.745. The minimum absolute atomic E-state index is 0.212. The Labute approximate surface area is 140 Å². The van der Waals surface area contributed by atoms with Gasteiger partial charge in [-0.1, -0.05) is 0 Å². The van der Waals surface area contributed by atoms with E-state index in [9.17, 15) is 0 Å². The Balaban J connectivity index is 1.72. The molecule has 3 aromatic heterocycles. The zero-order valence-corrected chi connectivity index (χ0v) is 14.4. The topological polar surface area (TPSA) is 50.7 Å². The Hall–Kier alpha value is -2.11. The van der Waals surface area contributed by atoms with Crippen molar-refractivity contribution >= 4 is 11.3 Å².